The minimum Gasteiger partial charge on any atom is -0.466 e. The molecule has 1 saturated heterocycles. The van der Waals surface area contributed by atoms with Gasteiger partial charge in [-0.25, -0.2) is 0 Å². The highest BCUT2D eigenvalue weighted by Gasteiger charge is 2.39. The Kier molecular flexibility index (Phi) is 4.22. The molecule has 1 heterocycles. The molecule has 3 heteroatoms. The largest absolute Gasteiger partial charge is 0.466 e. The summed E-state index contributed by atoms with van der Waals surface area (Å²) in [6.07, 6.45) is 7.09. The van der Waals surface area contributed by atoms with Gasteiger partial charge < -0.3 is 9.47 Å². The van der Waals surface area contributed by atoms with Crippen molar-refractivity contribution >= 4 is 5.97 Å². The second-order valence-corrected chi connectivity index (χ2v) is 4.92. The molecule has 2 rings (SSSR count). The summed E-state index contributed by atoms with van der Waals surface area (Å²) in [6.45, 7) is 3.26. The van der Waals surface area contributed by atoms with Crippen LogP contribution >= 0.6 is 0 Å². The maximum absolute atomic E-state index is 11.2. The van der Waals surface area contributed by atoms with Gasteiger partial charge in [0.15, 0.2) is 0 Å². The van der Waals surface area contributed by atoms with E-state index in [0.717, 1.165) is 25.4 Å². The van der Waals surface area contributed by atoms with E-state index in [1.54, 1.807) is 0 Å². The average molecular weight is 226 g/mol. The highest BCUT2D eigenvalue weighted by atomic mass is 16.5. The Morgan fingerprint density at radius 2 is 2.31 bits per heavy atom. The van der Waals surface area contributed by atoms with E-state index in [9.17, 15) is 4.79 Å². The van der Waals surface area contributed by atoms with Crippen LogP contribution in [0.25, 0.3) is 0 Å². The van der Waals surface area contributed by atoms with Gasteiger partial charge in [0.05, 0.1) is 19.3 Å². The number of carbonyl (C=O) groups is 1. The minimum atomic E-state index is -0.0515. The molecule has 0 radical (unpaired) electrons. The first-order chi connectivity index (χ1) is 7.81. The number of hydrogen-bond donors (Lipinski definition) is 0. The molecule has 0 aromatic rings. The lowest BCUT2D eigenvalue weighted by Gasteiger charge is -2.15. The number of fused-ring (bicyclic) bond motifs is 1. The Balaban J connectivity index is 1.65. The van der Waals surface area contributed by atoms with Crippen molar-refractivity contribution in [3.8, 4) is 0 Å². The number of hydrogen-bond acceptors (Lipinski definition) is 3. The molecule has 0 spiro atoms. The molecule has 0 unspecified atom stereocenters. The second-order valence-electron chi connectivity index (χ2n) is 4.92. The van der Waals surface area contributed by atoms with E-state index < -0.39 is 0 Å². The fourth-order valence-electron chi connectivity index (χ4n) is 3.11. The summed E-state index contributed by atoms with van der Waals surface area (Å²) in [7, 11) is 0. The van der Waals surface area contributed by atoms with Crippen LogP contribution in [0.2, 0.25) is 0 Å². The summed E-state index contributed by atoms with van der Waals surface area (Å²) < 4.78 is 10.7. The molecule has 1 aliphatic heterocycles. The van der Waals surface area contributed by atoms with Crippen LogP contribution in [-0.4, -0.2) is 25.3 Å². The van der Waals surface area contributed by atoms with E-state index in [-0.39, 0.29) is 5.97 Å². The number of ether oxygens (including phenoxy) is 2. The van der Waals surface area contributed by atoms with Crippen LogP contribution in [-0.2, 0) is 14.3 Å². The van der Waals surface area contributed by atoms with Crippen molar-refractivity contribution in [2.24, 2.45) is 11.8 Å². The summed E-state index contributed by atoms with van der Waals surface area (Å²) in [5.74, 6) is 1.42. The van der Waals surface area contributed by atoms with Gasteiger partial charge in [-0.2, -0.15) is 0 Å². The molecular weight excluding hydrogens is 204 g/mol. The van der Waals surface area contributed by atoms with Gasteiger partial charge in [0.25, 0.3) is 0 Å². The van der Waals surface area contributed by atoms with Crippen molar-refractivity contribution in [1.29, 1.82) is 0 Å². The zero-order valence-electron chi connectivity index (χ0n) is 10.1. The summed E-state index contributed by atoms with van der Waals surface area (Å²) in [6, 6.07) is 0. The molecular formula is C13H22O3. The number of esters is 1. The Hall–Kier alpha value is -0.570. The molecule has 92 valence electrons. The van der Waals surface area contributed by atoms with Crippen LogP contribution in [0, 0.1) is 11.8 Å². The fraction of sp³-hybridized carbons (Fsp3) is 0.923. The summed E-state index contributed by atoms with van der Waals surface area (Å²) in [5, 5.41) is 0. The number of rotatable bonds is 5. The molecule has 1 aliphatic carbocycles. The SMILES string of the molecule is CCOC(=O)CCC[C@H]1CO[C@H]2CCC[C@@H]12. The second kappa shape index (κ2) is 5.67. The standard InChI is InChI=1S/C13H22O3/c1-2-15-13(14)8-3-5-10-9-16-12-7-4-6-11(10)12/h10-12H,2-9H2,1H3/t10-,11-,12-/m0/s1. The molecule has 0 bridgehead atoms. The Morgan fingerprint density at radius 1 is 1.44 bits per heavy atom. The van der Waals surface area contributed by atoms with Gasteiger partial charge in [-0.05, 0) is 44.4 Å². The van der Waals surface area contributed by atoms with Crippen LogP contribution in [0.15, 0.2) is 0 Å². The summed E-state index contributed by atoms with van der Waals surface area (Å²) in [5.41, 5.74) is 0. The van der Waals surface area contributed by atoms with Crippen LogP contribution in [0.3, 0.4) is 0 Å². The first-order valence-corrected chi connectivity index (χ1v) is 6.58. The molecule has 3 atom stereocenters. The molecule has 0 aromatic heterocycles. The van der Waals surface area contributed by atoms with Crippen molar-refractivity contribution in [3.63, 3.8) is 0 Å². The Bertz CT molecular complexity index is 239. The third kappa shape index (κ3) is 2.76. The molecule has 1 saturated carbocycles. The van der Waals surface area contributed by atoms with Crippen LogP contribution in [0.1, 0.15) is 45.4 Å². The summed E-state index contributed by atoms with van der Waals surface area (Å²) >= 11 is 0. The maximum Gasteiger partial charge on any atom is 0.305 e. The van der Waals surface area contributed by atoms with Gasteiger partial charge in [-0.1, -0.05) is 6.42 Å². The molecule has 0 amide bonds. The Morgan fingerprint density at radius 3 is 3.12 bits per heavy atom. The van der Waals surface area contributed by atoms with Crippen molar-refractivity contribution < 1.29 is 14.3 Å². The van der Waals surface area contributed by atoms with Gasteiger partial charge in [-0.15, -0.1) is 0 Å². The van der Waals surface area contributed by atoms with Gasteiger partial charge >= 0.3 is 5.97 Å². The maximum atomic E-state index is 11.2. The number of carbonyl (C=O) groups excluding carboxylic acids is 1. The van der Waals surface area contributed by atoms with Crippen molar-refractivity contribution in [3.05, 3.63) is 0 Å². The normalized spacial score (nSPS) is 32.7. The molecule has 16 heavy (non-hydrogen) atoms. The topological polar surface area (TPSA) is 35.5 Å². The third-order valence-electron chi connectivity index (χ3n) is 3.89. The van der Waals surface area contributed by atoms with Gasteiger partial charge in [-0.3, -0.25) is 4.79 Å². The van der Waals surface area contributed by atoms with Crippen molar-refractivity contribution in [1.82, 2.24) is 0 Å². The highest BCUT2D eigenvalue weighted by Crippen LogP contribution is 2.41. The average Bonchev–Trinajstić information content (AvgIpc) is 2.82. The lowest BCUT2D eigenvalue weighted by atomic mass is 9.88. The minimum absolute atomic E-state index is 0.0515. The van der Waals surface area contributed by atoms with Gasteiger partial charge in [0.2, 0.25) is 0 Å². The van der Waals surface area contributed by atoms with Crippen LogP contribution in [0.4, 0.5) is 0 Å². The third-order valence-corrected chi connectivity index (χ3v) is 3.89. The smallest absolute Gasteiger partial charge is 0.305 e. The predicted octanol–water partition coefficient (Wildman–Crippen LogP) is 2.53. The lowest BCUT2D eigenvalue weighted by molar-refractivity contribution is -0.143. The zero-order chi connectivity index (χ0) is 11.4. The quantitative estimate of drug-likeness (QED) is 0.676. The first kappa shape index (κ1) is 11.9. The monoisotopic (exact) mass is 226 g/mol. The molecule has 3 nitrogen and oxygen atoms in total. The van der Waals surface area contributed by atoms with Crippen molar-refractivity contribution in [2.75, 3.05) is 13.2 Å². The fourth-order valence-corrected chi connectivity index (χ4v) is 3.11. The van der Waals surface area contributed by atoms with E-state index in [1.807, 2.05) is 6.92 Å². The predicted molar refractivity (Wildman–Crippen MR) is 61.1 cm³/mol. The van der Waals surface area contributed by atoms with Gasteiger partial charge in [0.1, 0.15) is 0 Å². The van der Waals surface area contributed by atoms with E-state index in [0.29, 0.717) is 25.0 Å². The molecule has 0 N–H and O–H groups in total. The summed E-state index contributed by atoms with van der Waals surface area (Å²) in [4.78, 5) is 11.2. The molecule has 2 aliphatic rings. The van der Waals surface area contributed by atoms with Crippen molar-refractivity contribution in [2.45, 2.75) is 51.6 Å². The molecule has 2 fully saturated rings. The highest BCUT2D eigenvalue weighted by molar-refractivity contribution is 5.69. The van der Waals surface area contributed by atoms with Crippen LogP contribution < -0.4 is 0 Å². The van der Waals surface area contributed by atoms with E-state index in [2.05, 4.69) is 0 Å². The first-order valence-electron chi connectivity index (χ1n) is 6.58. The Labute approximate surface area is 97.5 Å². The zero-order valence-corrected chi connectivity index (χ0v) is 10.1. The van der Waals surface area contributed by atoms with E-state index >= 15 is 0 Å². The van der Waals surface area contributed by atoms with E-state index in [4.69, 9.17) is 9.47 Å². The molecule has 0 aromatic carbocycles. The van der Waals surface area contributed by atoms with Crippen LogP contribution in [0.5, 0.6) is 0 Å². The van der Waals surface area contributed by atoms with Gasteiger partial charge in [0, 0.05) is 6.42 Å². The van der Waals surface area contributed by atoms with E-state index in [1.165, 1.54) is 19.3 Å². The lowest BCUT2D eigenvalue weighted by Crippen LogP contribution is -2.14.